The molecule has 2 aromatic carbocycles. The highest BCUT2D eigenvalue weighted by molar-refractivity contribution is 8.00. The molecule has 4 rings (SSSR count). The minimum Gasteiger partial charge on any atom is -0.497 e. The lowest BCUT2D eigenvalue weighted by molar-refractivity contribution is -0.116. The fourth-order valence-corrected chi connectivity index (χ4v) is 4.68. The number of benzene rings is 2. The molecule has 1 aliphatic rings. The van der Waals surface area contributed by atoms with Gasteiger partial charge < -0.3 is 15.5 Å². The first kappa shape index (κ1) is 21.2. The summed E-state index contributed by atoms with van der Waals surface area (Å²) in [5, 5.41) is 12.0. The van der Waals surface area contributed by atoms with Crippen molar-refractivity contribution in [2.45, 2.75) is 49.6 Å². The van der Waals surface area contributed by atoms with E-state index in [0.29, 0.717) is 5.16 Å². The first-order chi connectivity index (χ1) is 15.1. The molecule has 0 spiro atoms. The molecular weight excluding hydrogens is 410 g/mol. The number of ether oxygens (including phenoxy) is 1. The van der Waals surface area contributed by atoms with Crippen molar-refractivity contribution in [3.63, 3.8) is 0 Å². The number of carbonyl (C=O) groups excluding carboxylic acids is 1. The summed E-state index contributed by atoms with van der Waals surface area (Å²) >= 11 is 1.44. The van der Waals surface area contributed by atoms with Gasteiger partial charge in [0.2, 0.25) is 11.1 Å². The quantitative estimate of drug-likeness (QED) is 0.577. The Balaban J connectivity index is 1.63. The zero-order valence-electron chi connectivity index (χ0n) is 18.0. The number of hydrogen-bond acceptors (Lipinski definition) is 6. The van der Waals surface area contributed by atoms with Crippen LogP contribution < -0.4 is 15.5 Å². The second kappa shape index (κ2) is 9.43. The van der Waals surface area contributed by atoms with Gasteiger partial charge in [0.1, 0.15) is 11.0 Å². The van der Waals surface area contributed by atoms with Crippen LogP contribution in [0, 0.1) is 0 Å². The van der Waals surface area contributed by atoms with Crippen LogP contribution in [0.5, 0.6) is 5.75 Å². The summed E-state index contributed by atoms with van der Waals surface area (Å²) in [6, 6.07) is 15.6. The third-order valence-electron chi connectivity index (χ3n) is 5.34. The van der Waals surface area contributed by atoms with Crippen molar-refractivity contribution in [1.29, 1.82) is 0 Å². The number of carbonyl (C=O) groups is 1. The normalized spacial score (nSPS) is 17.5. The van der Waals surface area contributed by atoms with E-state index in [1.807, 2.05) is 28.9 Å². The van der Waals surface area contributed by atoms with Crippen molar-refractivity contribution in [3.05, 3.63) is 65.5 Å². The van der Waals surface area contributed by atoms with Gasteiger partial charge in [-0.05, 0) is 48.2 Å². The van der Waals surface area contributed by atoms with Gasteiger partial charge in [0.05, 0.1) is 13.2 Å². The van der Waals surface area contributed by atoms with Crippen molar-refractivity contribution < 1.29 is 9.53 Å². The third-order valence-corrected chi connectivity index (χ3v) is 6.56. The minimum absolute atomic E-state index is 0.0847. The predicted octanol–water partition coefficient (Wildman–Crippen LogP) is 4.20. The summed E-state index contributed by atoms with van der Waals surface area (Å²) in [6.07, 6.45) is 2.78. The molecule has 162 valence electrons. The predicted molar refractivity (Wildman–Crippen MR) is 123 cm³/mol. The number of anilines is 1. The summed E-state index contributed by atoms with van der Waals surface area (Å²) in [7, 11) is 1.62. The van der Waals surface area contributed by atoms with E-state index in [1.54, 1.807) is 7.11 Å². The fraction of sp³-hybridized carbons (Fsp3) is 0.348. The number of nitrogens with one attached hydrogen (secondary N) is 2. The summed E-state index contributed by atoms with van der Waals surface area (Å²) < 4.78 is 7.13. The molecule has 0 fully saturated rings. The number of hydrogen-bond donors (Lipinski definition) is 2. The Morgan fingerprint density at radius 3 is 2.52 bits per heavy atom. The molecule has 1 aliphatic heterocycles. The Bertz CT molecular complexity index is 1030. The van der Waals surface area contributed by atoms with Gasteiger partial charge >= 0.3 is 0 Å². The number of amides is 1. The van der Waals surface area contributed by atoms with E-state index in [0.717, 1.165) is 42.1 Å². The van der Waals surface area contributed by atoms with Crippen LogP contribution >= 0.6 is 11.8 Å². The molecule has 0 unspecified atom stereocenters. The molecule has 1 amide bonds. The maximum absolute atomic E-state index is 13.3. The lowest BCUT2D eigenvalue weighted by atomic mass is 10.0. The van der Waals surface area contributed by atoms with Crippen LogP contribution in [-0.2, 0) is 17.6 Å². The summed E-state index contributed by atoms with van der Waals surface area (Å²) in [4.78, 5) is 13.3. The highest BCUT2D eigenvalue weighted by Crippen LogP contribution is 2.38. The Morgan fingerprint density at radius 2 is 1.87 bits per heavy atom. The van der Waals surface area contributed by atoms with E-state index in [1.165, 1.54) is 17.3 Å². The summed E-state index contributed by atoms with van der Waals surface area (Å²) in [5.41, 5.74) is 6.56. The second-order valence-electron chi connectivity index (χ2n) is 7.44. The number of nitrogens with zero attached hydrogens (tertiary/aromatic N) is 3. The maximum Gasteiger partial charge on any atom is 0.240 e. The first-order valence-electron chi connectivity index (χ1n) is 10.5. The summed E-state index contributed by atoms with van der Waals surface area (Å²) in [6.45, 7) is 4.25. The van der Waals surface area contributed by atoms with Crippen LogP contribution in [-0.4, -0.2) is 33.1 Å². The van der Waals surface area contributed by atoms with E-state index >= 15 is 0 Å². The van der Waals surface area contributed by atoms with E-state index in [4.69, 9.17) is 4.74 Å². The summed E-state index contributed by atoms with van der Waals surface area (Å²) in [5.74, 6) is 1.55. The van der Waals surface area contributed by atoms with Crippen LogP contribution in [0.1, 0.15) is 43.3 Å². The molecular formula is C23H27N5O2S. The Hall–Kier alpha value is -3.00. The molecule has 0 saturated heterocycles. The Kier molecular flexibility index (Phi) is 6.46. The van der Waals surface area contributed by atoms with Gasteiger partial charge in [-0.3, -0.25) is 4.79 Å². The molecule has 2 atom stereocenters. The third kappa shape index (κ3) is 4.54. The van der Waals surface area contributed by atoms with Crippen molar-refractivity contribution in [2.24, 2.45) is 0 Å². The van der Waals surface area contributed by atoms with Crippen LogP contribution in [0.4, 0.5) is 5.69 Å². The zero-order valence-corrected chi connectivity index (χ0v) is 18.8. The average Bonchev–Trinajstić information content (AvgIpc) is 3.21. The monoisotopic (exact) mass is 437 g/mol. The second-order valence-corrected chi connectivity index (χ2v) is 8.55. The van der Waals surface area contributed by atoms with E-state index in [-0.39, 0.29) is 11.9 Å². The molecule has 8 heteroatoms. The minimum atomic E-state index is -0.402. The van der Waals surface area contributed by atoms with Crippen molar-refractivity contribution in [2.75, 3.05) is 17.9 Å². The Morgan fingerprint density at radius 1 is 1.13 bits per heavy atom. The van der Waals surface area contributed by atoms with Gasteiger partial charge in [-0.25, -0.2) is 4.68 Å². The van der Waals surface area contributed by atoms with Crippen LogP contribution in [0.2, 0.25) is 0 Å². The van der Waals surface area contributed by atoms with Crippen molar-refractivity contribution >= 4 is 23.4 Å². The topological polar surface area (TPSA) is 81.1 Å². The van der Waals surface area contributed by atoms with Gasteiger partial charge in [0.25, 0.3) is 0 Å². The van der Waals surface area contributed by atoms with Gasteiger partial charge in [0, 0.05) is 12.1 Å². The number of methoxy groups -OCH3 is 1. The molecule has 3 aromatic rings. The smallest absolute Gasteiger partial charge is 0.240 e. The lowest BCUT2D eigenvalue weighted by Crippen LogP contribution is -2.41. The van der Waals surface area contributed by atoms with Gasteiger partial charge in [-0.1, -0.05) is 49.9 Å². The lowest BCUT2D eigenvalue weighted by Gasteiger charge is -2.33. The molecule has 1 aromatic heterocycles. The number of aromatic nitrogens is 3. The maximum atomic E-state index is 13.3. The highest BCUT2D eigenvalue weighted by Gasteiger charge is 2.37. The largest absolute Gasteiger partial charge is 0.497 e. The first-order valence-corrected chi connectivity index (χ1v) is 11.4. The van der Waals surface area contributed by atoms with Crippen LogP contribution in [0.25, 0.3) is 0 Å². The fourth-order valence-electron chi connectivity index (χ4n) is 3.58. The number of thioether (sulfide) groups is 1. The van der Waals surface area contributed by atoms with Crippen molar-refractivity contribution in [3.8, 4) is 5.75 Å². The van der Waals surface area contributed by atoms with Crippen molar-refractivity contribution in [1.82, 2.24) is 14.9 Å². The van der Waals surface area contributed by atoms with E-state index < -0.39 is 5.25 Å². The number of rotatable bonds is 7. The Labute approximate surface area is 186 Å². The number of fused-ring (bicyclic) bond motifs is 1. The highest BCUT2D eigenvalue weighted by atomic mass is 32.2. The van der Waals surface area contributed by atoms with Gasteiger partial charge in [-0.2, -0.15) is 0 Å². The van der Waals surface area contributed by atoms with Crippen LogP contribution in [0.15, 0.2) is 53.7 Å². The molecule has 2 N–H and O–H groups in total. The molecule has 0 bridgehead atoms. The van der Waals surface area contributed by atoms with E-state index in [2.05, 4.69) is 59.1 Å². The van der Waals surface area contributed by atoms with E-state index in [9.17, 15) is 4.79 Å². The molecule has 7 nitrogen and oxygen atoms in total. The van der Waals surface area contributed by atoms with Gasteiger partial charge in [-0.15, -0.1) is 10.2 Å². The molecule has 0 radical (unpaired) electrons. The molecule has 0 aliphatic carbocycles. The zero-order chi connectivity index (χ0) is 21.8. The standard InChI is InChI=1S/C23H27N5O2S/c1-4-6-19-25-26-23-28(19)27-20(16-9-7-15(5-2)8-10-16)21(31-23)22(29)24-17-11-13-18(30-3)14-12-17/h7-14,20-21,27H,4-6H2,1-3H3,(H,24,29)/t20-,21+/m1/s1. The SMILES string of the molecule is CCCc1nnc2n1N[C@H](c1ccc(CC)cc1)[C@@H](C(=O)Nc1ccc(OC)cc1)S2. The number of aryl methyl sites for hydroxylation is 2. The molecule has 0 saturated carbocycles. The van der Waals surface area contributed by atoms with Crippen LogP contribution in [0.3, 0.4) is 0 Å². The van der Waals surface area contributed by atoms with Gasteiger partial charge in [0.15, 0.2) is 5.82 Å². The molecule has 31 heavy (non-hydrogen) atoms. The molecule has 2 heterocycles. The average molecular weight is 438 g/mol.